The summed E-state index contributed by atoms with van der Waals surface area (Å²) >= 11 is 0. The number of aliphatic hydroxyl groups excluding tert-OH is 1. The molecular formula is C19H20N2O4. The first-order valence-electron chi connectivity index (χ1n) is 8.25. The number of hydrogen-bond acceptors (Lipinski definition) is 4. The number of aromatic nitrogens is 1. The van der Waals surface area contributed by atoms with Gasteiger partial charge in [-0.3, -0.25) is 9.78 Å². The highest BCUT2D eigenvalue weighted by Gasteiger charge is 2.22. The van der Waals surface area contributed by atoms with Gasteiger partial charge in [-0.15, -0.1) is 0 Å². The molecule has 0 spiro atoms. The maximum atomic E-state index is 12.6. The summed E-state index contributed by atoms with van der Waals surface area (Å²) in [5.74, 6) is -0.867. The Hall–Kier alpha value is -2.86. The molecule has 25 heavy (non-hydrogen) atoms. The Morgan fingerprint density at radius 2 is 2.00 bits per heavy atom. The summed E-state index contributed by atoms with van der Waals surface area (Å²) < 4.78 is 4.94. The second kappa shape index (κ2) is 7.36. The minimum atomic E-state index is -0.789. The number of carbonyl (C=O) groups is 1. The molecule has 6 heteroatoms. The average molecular weight is 340 g/mol. The van der Waals surface area contributed by atoms with E-state index in [0.717, 1.165) is 12.0 Å². The van der Waals surface area contributed by atoms with Gasteiger partial charge < -0.3 is 14.8 Å². The van der Waals surface area contributed by atoms with Crippen molar-refractivity contribution < 1.29 is 14.3 Å². The third kappa shape index (κ3) is 3.80. The van der Waals surface area contributed by atoms with Crippen LogP contribution in [0, 0.1) is 0 Å². The second-order valence-corrected chi connectivity index (χ2v) is 5.95. The zero-order valence-electron chi connectivity index (χ0n) is 13.9. The lowest BCUT2D eigenvalue weighted by atomic mass is 9.98. The van der Waals surface area contributed by atoms with E-state index < -0.39 is 17.9 Å². The highest BCUT2D eigenvalue weighted by molar-refractivity contribution is 5.97. The minimum Gasteiger partial charge on any atom is -0.408 e. The molecule has 1 aromatic heterocycles. The molecule has 0 unspecified atom stereocenters. The molecule has 0 aliphatic rings. The molecule has 0 saturated carbocycles. The van der Waals surface area contributed by atoms with E-state index in [4.69, 9.17) is 4.42 Å². The van der Waals surface area contributed by atoms with E-state index in [1.165, 1.54) is 0 Å². The molecule has 3 aromatic rings. The quantitative estimate of drug-likeness (QED) is 0.643. The molecule has 1 amide bonds. The molecule has 3 N–H and O–H groups in total. The summed E-state index contributed by atoms with van der Waals surface area (Å²) in [6.07, 6.45) is 0.678. The van der Waals surface area contributed by atoms with Crippen molar-refractivity contribution in [3.63, 3.8) is 0 Å². The number of aliphatic hydroxyl groups is 1. The Morgan fingerprint density at radius 3 is 2.72 bits per heavy atom. The molecule has 0 aliphatic heterocycles. The zero-order chi connectivity index (χ0) is 17.8. The van der Waals surface area contributed by atoms with Crippen LogP contribution in [0.3, 0.4) is 0 Å². The lowest BCUT2D eigenvalue weighted by molar-refractivity contribution is 0.0820. The van der Waals surface area contributed by atoms with Gasteiger partial charge in [0.2, 0.25) is 0 Å². The maximum absolute atomic E-state index is 12.6. The predicted molar refractivity (Wildman–Crippen MR) is 94.4 cm³/mol. The van der Waals surface area contributed by atoms with Crippen molar-refractivity contribution in [2.24, 2.45) is 0 Å². The summed E-state index contributed by atoms with van der Waals surface area (Å²) in [7, 11) is 0. The summed E-state index contributed by atoms with van der Waals surface area (Å²) in [5.41, 5.74) is 2.02. The molecule has 2 aromatic carbocycles. The van der Waals surface area contributed by atoms with Gasteiger partial charge >= 0.3 is 5.76 Å². The molecule has 0 fully saturated rings. The molecule has 0 saturated heterocycles. The number of oxazole rings is 1. The average Bonchev–Trinajstić information content (AvgIpc) is 3.00. The third-order valence-corrected chi connectivity index (χ3v) is 4.12. The van der Waals surface area contributed by atoms with Crippen LogP contribution in [0.4, 0.5) is 0 Å². The van der Waals surface area contributed by atoms with E-state index in [-0.39, 0.29) is 5.91 Å². The number of carbonyl (C=O) groups excluding carboxylic acids is 1. The third-order valence-electron chi connectivity index (χ3n) is 4.12. The first-order valence-corrected chi connectivity index (χ1v) is 8.25. The van der Waals surface area contributed by atoms with Crippen molar-refractivity contribution in [3.8, 4) is 0 Å². The van der Waals surface area contributed by atoms with Gasteiger partial charge in [0.15, 0.2) is 5.58 Å². The molecule has 0 bridgehead atoms. The van der Waals surface area contributed by atoms with Gasteiger partial charge in [0.25, 0.3) is 5.91 Å². The molecule has 1 heterocycles. The normalized spacial score (nSPS) is 13.5. The van der Waals surface area contributed by atoms with Crippen molar-refractivity contribution in [3.05, 3.63) is 70.2 Å². The summed E-state index contributed by atoms with van der Waals surface area (Å²) in [5, 5.41) is 13.5. The van der Waals surface area contributed by atoms with Crippen molar-refractivity contribution in [2.75, 3.05) is 0 Å². The van der Waals surface area contributed by atoms with Crippen LogP contribution in [0.2, 0.25) is 0 Å². The Kier molecular flexibility index (Phi) is 5.00. The summed E-state index contributed by atoms with van der Waals surface area (Å²) in [6.45, 7) is 2.00. The van der Waals surface area contributed by atoms with Crippen LogP contribution >= 0.6 is 0 Å². The Labute approximate surface area is 144 Å². The van der Waals surface area contributed by atoms with Crippen LogP contribution in [0.25, 0.3) is 11.1 Å². The van der Waals surface area contributed by atoms with E-state index in [2.05, 4.69) is 10.3 Å². The van der Waals surface area contributed by atoms with E-state index >= 15 is 0 Å². The highest BCUT2D eigenvalue weighted by atomic mass is 16.4. The molecular weight excluding hydrogens is 320 g/mol. The van der Waals surface area contributed by atoms with Gasteiger partial charge in [-0.05, 0) is 30.2 Å². The van der Waals surface area contributed by atoms with Gasteiger partial charge in [-0.1, -0.05) is 43.7 Å². The van der Waals surface area contributed by atoms with E-state index in [1.54, 1.807) is 18.2 Å². The smallest absolute Gasteiger partial charge is 0.408 e. The summed E-state index contributed by atoms with van der Waals surface area (Å²) in [6, 6.07) is 13.6. The first-order chi connectivity index (χ1) is 12.1. The van der Waals surface area contributed by atoms with E-state index in [9.17, 15) is 14.7 Å². The highest BCUT2D eigenvalue weighted by Crippen LogP contribution is 2.20. The fraction of sp³-hybridized carbons (Fsp3) is 0.263. The van der Waals surface area contributed by atoms with Crippen LogP contribution in [0.15, 0.2) is 57.7 Å². The van der Waals surface area contributed by atoms with Crippen LogP contribution in [0.1, 0.15) is 41.8 Å². The Bertz CT molecular complexity index is 914. The van der Waals surface area contributed by atoms with Crippen molar-refractivity contribution in [1.29, 1.82) is 0 Å². The summed E-state index contributed by atoms with van der Waals surface area (Å²) in [4.78, 5) is 26.3. The number of amides is 1. The SMILES string of the molecule is CCC[C@@H](NC(=O)c1ccc2oc(=O)[nH]c2c1)[C@@H](O)c1ccccc1. The van der Waals surface area contributed by atoms with Gasteiger partial charge in [-0.25, -0.2) is 4.79 Å². The molecule has 2 atom stereocenters. The van der Waals surface area contributed by atoms with E-state index in [1.807, 2.05) is 37.3 Å². The van der Waals surface area contributed by atoms with Gasteiger partial charge in [0.05, 0.1) is 17.7 Å². The molecule has 130 valence electrons. The first kappa shape index (κ1) is 17.0. The Balaban J connectivity index is 1.80. The molecule has 0 radical (unpaired) electrons. The second-order valence-electron chi connectivity index (χ2n) is 5.95. The minimum absolute atomic E-state index is 0.308. The number of nitrogens with one attached hydrogen (secondary N) is 2. The number of benzene rings is 2. The van der Waals surface area contributed by atoms with Crippen molar-refractivity contribution in [2.45, 2.75) is 31.9 Å². The van der Waals surface area contributed by atoms with Gasteiger partial charge in [0, 0.05) is 5.56 Å². The Morgan fingerprint density at radius 1 is 1.24 bits per heavy atom. The number of rotatable bonds is 6. The predicted octanol–water partition coefficient (Wildman–Crippen LogP) is 2.75. The lowest BCUT2D eigenvalue weighted by Crippen LogP contribution is -2.39. The topological polar surface area (TPSA) is 95.3 Å². The lowest BCUT2D eigenvalue weighted by Gasteiger charge is -2.24. The van der Waals surface area contributed by atoms with Crippen LogP contribution in [-0.4, -0.2) is 22.0 Å². The largest absolute Gasteiger partial charge is 0.417 e. The van der Waals surface area contributed by atoms with E-state index in [0.29, 0.717) is 23.1 Å². The number of aromatic amines is 1. The van der Waals surface area contributed by atoms with Crippen LogP contribution in [0.5, 0.6) is 0 Å². The molecule has 3 rings (SSSR count). The standard InChI is InChI=1S/C19H20N2O4/c1-2-6-14(17(22)12-7-4-3-5-8-12)20-18(23)13-9-10-16-15(11-13)21-19(24)25-16/h3-5,7-11,14,17,22H,2,6H2,1H3,(H,20,23)(H,21,24)/t14-,17+/m1/s1. The van der Waals surface area contributed by atoms with Gasteiger partial charge in [0.1, 0.15) is 0 Å². The molecule has 6 nitrogen and oxygen atoms in total. The van der Waals surface area contributed by atoms with Crippen LogP contribution < -0.4 is 11.1 Å². The zero-order valence-corrected chi connectivity index (χ0v) is 13.9. The maximum Gasteiger partial charge on any atom is 0.417 e. The van der Waals surface area contributed by atoms with Crippen molar-refractivity contribution in [1.82, 2.24) is 10.3 Å². The van der Waals surface area contributed by atoms with Gasteiger partial charge in [-0.2, -0.15) is 0 Å². The number of hydrogen-bond donors (Lipinski definition) is 3. The fourth-order valence-corrected chi connectivity index (χ4v) is 2.85. The molecule has 0 aliphatic carbocycles. The fourth-order valence-electron chi connectivity index (χ4n) is 2.85. The van der Waals surface area contributed by atoms with Crippen molar-refractivity contribution >= 4 is 17.0 Å². The number of H-pyrrole nitrogens is 1. The number of fused-ring (bicyclic) bond motifs is 1. The monoisotopic (exact) mass is 340 g/mol. The van der Waals surface area contributed by atoms with Crippen LogP contribution in [-0.2, 0) is 0 Å².